The van der Waals surface area contributed by atoms with Gasteiger partial charge in [-0.2, -0.15) is 0 Å². The first-order valence-electron chi connectivity index (χ1n) is 13.6. The zero-order valence-electron chi connectivity index (χ0n) is 22.6. The zero-order valence-corrected chi connectivity index (χ0v) is 24.3. The third-order valence-corrected chi connectivity index (χ3v) is 9.16. The maximum atomic E-state index is 13.3. The molecule has 0 unspecified atom stereocenters. The lowest BCUT2D eigenvalue weighted by molar-refractivity contribution is 0.0623. The molecule has 0 spiro atoms. The molecule has 2 aliphatic heterocycles. The van der Waals surface area contributed by atoms with Crippen LogP contribution >= 0.6 is 23.1 Å². The van der Waals surface area contributed by atoms with Crippen molar-refractivity contribution in [3.05, 3.63) is 94.7 Å². The summed E-state index contributed by atoms with van der Waals surface area (Å²) in [5.41, 5.74) is 3.59. The van der Waals surface area contributed by atoms with Crippen molar-refractivity contribution in [2.24, 2.45) is 0 Å². The molecule has 1 amide bonds. The van der Waals surface area contributed by atoms with Crippen LogP contribution in [0.25, 0.3) is 17.1 Å². The average Bonchev–Trinajstić information content (AvgIpc) is 3.81. The van der Waals surface area contributed by atoms with Crippen LogP contribution < -0.4 is 9.47 Å². The van der Waals surface area contributed by atoms with Crippen LogP contribution in [0.1, 0.15) is 21.1 Å². The Morgan fingerprint density at radius 1 is 0.929 bits per heavy atom. The minimum absolute atomic E-state index is 0.0161. The SMILES string of the molecule is O=C(c1csc(CSc2nnc(-c3ccncc3)n2-c2ccccc2)n1)N1CCN(Cc2ccc3c(c2)OCO3)CC1. The molecule has 0 atom stereocenters. The Labute approximate surface area is 251 Å². The number of fused-ring (bicyclic) bond motifs is 1. The largest absolute Gasteiger partial charge is 0.454 e. The number of carbonyl (C=O) groups excluding carboxylic acids is 1. The molecule has 5 heterocycles. The number of hydrogen-bond acceptors (Lipinski definition) is 10. The Kier molecular flexibility index (Phi) is 7.56. The summed E-state index contributed by atoms with van der Waals surface area (Å²) in [6, 6.07) is 20.0. The smallest absolute Gasteiger partial charge is 0.273 e. The number of benzene rings is 2. The molecule has 0 N–H and O–H groups in total. The third-order valence-electron chi connectivity index (χ3n) is 7.18. The number of thiazole rings is 1. The first-order valence-corrected chi connectivity index (χ1v) is 15.5. The molecule has 10 nitrogen and oxygen atoms in total. The van der Waals surface area contributed by atoms with Crippen molar-refractivity contribution < 1.29 is 14.3 Å². The predicted octanol–water partition coefficient (Wildman–Crippen LogP) is 4.76. The highest BCUT2D eigenvalue weighted by molar-refractivity contribution is 7.98. The Morgan fingerprint density at radius 2 is 1.74 bits per heavy atom. The normalized spacial score (nSPS) is 14.8. The average molecular weight is 598 g/mol. The van der Waals surface area contributed by atoms with Gasteiger partial charge >= 0.3 is 0 Å². The summed E-state index contributed by atoms with van der Waals surface area (Å²) in [5, 5.41) is 12.5. The second-order valence-electron chi connectivity index (χ2n) is 9.88. The van der Waals surface area contributed by atoms with Gasteiger partial charge < -0.3 is 14.4 Å². The van der Waals surface area contributed by atoms with E-state index in [1.54, 1.807) is 24.2 Å². The molecule has 1 fully saturated rings. The van der Waals surface area contributed by atoms with Gasteiger partial charge in [-0.3, -0.25) is 19.2 Å². The van der Waals surface area contributed by atoms with Crippen molar-refractivity contribution in [2.75, 3.05) is 33.0 Å². The Bertz CT molecular complexity index is 1690. The van der Waals surface area contributed by atoms with Crippen molar-refractivity contribution in [3.8, 4) is 28.6 Å². The molecule has 2 aromatic carbocycles. The molecule has 5 aromatic rings. The Balaban J connectivity index is 0.980. The van der Waals surface area contributed by atoms with E-state index in [4.69, 9.17) is 9.47 Å². The molecule has 212 valence electrons. The van der Waals surface area contributed by atoms with Crippen LogP contribution in [0.5, 0.6) is 11.5 Å². The Morgan fingerprint density at radius 3 is 2.57 bits per heavy atom. The van der Waals surface area contributed by atoms with Crippen molar-refractivity contribution in [1.29, 1.82) is 0 Å². The van der Waals surface area contributed by atoms with Crippen LogP contribution in [0.2, 0.25) is 0 Å². The van der Waals surface area contributed by atoms with Crippen LogP contribution in [-0.2, 0) is 12.3 Å². The lowest BCUT2D eigenvalue weighted by atomic mass is 10.1. The summed E-state index contributed by atoms with van der Waals surface area (Å²) in [7, 11) is 0. The van der Waals surface area contributed by atoms with Crippen molar-refractivity contribution >= 4 is 29.0 Å². The molecule has 42 heavy (non-hydrogen) atoms. The number of hydrogen-bond donors (Lipinski definition) is 0. The van der Waals surface area contributed by atoms with Crippen LogP contribution in [0, 0.1) is 0 Å². The monoisotopic (exact) mass is 597 g/mol. The van der Waals surface area contributed by atoms with Gasteiger partial charge in [0.05, 0.1) is 5.75 Å². The van der Waals surface area contributed by atoms with Crippen LogP contribution in [0.4, 0.5) is 0 Å². The van der Waals surface area contributed by atoms with E-state index in [1.165, 1.54) is 16.9 Å². The number of amides is 1. The van der Waals surface area contributed by atoms with E-state index in [2.05, 4.69) is 31.1 Å². The standard InChI is InChI=1S/C30H27N7O3S2/c38-29(36-14-12-35(13-15-36)17-21-6-7-25-26(16-21)40-20-39-25)24-18-41-27(32-24)19-42-30-34-33-28(22-8-10-31-11-9-22)37(30)23-4-2-1-3-5-23/h1-11,16,18H,12-15,17,19-20H2. The van der Waals surface area contributed by atoms with Gasteiger partial charge in [-0.1, -0.05) is 36.0 Å². The van der Waals surface area contributed by atoms with Gasteiger partial charge in [0, 0.05) is 61.7 Å². The van der Waals surface area contributed by atoms with Gasteiger partial charge in [-0.15, -0.1) is 21.5 Å². The van der Waals surface area contributed by atoms with E-state index >= 15 is 0 Å². The van der Waals surface area contributed by atoms with Crippen LogP contribution in [-0.4, -0.2) is 73.4 Å². The Hall–Kier alpha value is -4.26. The van der Waals surface area contributed by atoms with Gasteiger partial charge in [0.1, 0.15) is 10.7 Å². The fourth-order valence-electron chi connectivity index (χ4n) is 5.03. The number of aromatic nitrogens is 5. The summed E-state index contributed by atoms with van der Waals surface area (Å²) < 4.78 is 13.0. The fraction of sp³-hybridized carbons (Fsp3) is 0.233. The van der Waals surface area contributed by atoms with E-state index in [0.717, 1.165) is 58.4 Å². The molecule has 1 saturated heterocycles. The number of thioether (sulfide) groups is 1. The molecule has 3 aromatic heterocycles. The van der Waals surface area contributed by atoms with Gasteiger partial charge in [-0.05, 0) is 42.0 Å². The number of rotatable bonds is 8. The molecule has 0 bridgehead atoms. The third kappa shape index (κ3) is 5.60. The lowest BCUT2D eigenvalue weighted by Gasteiger charge is -2.34. The molecule has 0 saturated carbocycles. The van der Waals surface area contributed by atoms with Crippen molar-refractivity contribution in [3.63, 3.8) is 0 Å². The fourth-order valence-corrected chi connectivity index (χ4v) is 6.77. The van der Waals surface area contributed by atoms with Gasteiger partial charge in [-0.25, -0.2) is 4.98 Å². The second kappa shape index (κ2) is 11.9. The number of piperazine rings is 1. The maximum absolute atomic E-state index is 13.3. The number of carbonyl (C=O) groups is 1. The summed E-state index contributed by atoms with van der Waals surface area (Å²) in [6.07, 6.45) is 3.50. The number of pyridine rings is 1. The molecule has 12 heteroatoms. The summed E-state index contributed by atoms with van der Waals surface area (Å²) in [4.78, 5) is 26.3. The maximum Gasteiger partial charge on any atom is 0.273 e. The summed E-state index contributed by atoms with van der Waals surface area (Å²) in [5.74, 6) is 2.91. The van der Waals surface area contributed by atoms with E-state index in [0.29, 0.717) is 24.5 Å². The quantitative estimate of drug-likeness (QED) is 0.234. The van der Waals surface area contributed by atoms with E-state index in [-0.39, 0.29) is 12.7 Å². The zero-order chi connectivity index (χ0) is 28.3. The summed E-state index contributed by atoms with van der Waals surface area (Å²) >= 11 is 3.05. The van der Waals surface area contributed by atoms with E-state index in [1.807, 2.05) is 69.4 Å². The number of ether oxygens (including phenoxy) is 2. The van der Waals surface area contributed by atoms with E-state index < -0.39 is 0 Å². The highest BCUT2D eigenvalue weighted by atomic mass is 32.2. The molecular formula is C30H27N7O3S2. The number of nitrogens with zero attached hydrogens (tertiary/aromatic N) is 7. The van der Waals surface area contributed by atoms with Crippen molar-refractivity contribution in [1.82, 2.24) is 34.5 Å². The minimum Gasteiger partial charge on any atom is -0.454 e. The van der Waals surface area contributed by atoms with Crippen molar-refractivity contribution in [2.45, 2.75) is 17.5 Å². The molecule has 7 rings (SSSR count). The van der Waals surface area contributed by atoms with Gasteiger partial charge in [0.15, 0.2) is 22.5 Å². The van der Waals surface area contributed by atoms with Crippen LogP contribution in [0.15, 0.2) is 83.6 Å². The topological polar surface area (TPSA) is 98.5 Å². The summed E-state index contributed by atoms with van der Waals surface area (Å²) in [6.45, 7) is 4.04. The molecule has 0 radical (unpaired) electrons. The highest BCUT2D eigenvalue weighted by Crippen LogP contribution is 2.33. The highest BCUT2D eigenvalue weighted by Gasteiger charge is 2.25. The first kappa shape index (κ1) is 26.6. The minimum atomic E-state index is -0.0161. The second-order valence-corrected chi connectivity index (χ2v) is 11.8. The van der Waals surface area contributed by atoms with E-state index in [9.17, 15) is 4.79 Å². The molecule has 2 aliphatic rings. The van der Waals surface area contributed by atoms with Gasteiger partial charge in [0.2, 0.25) is 6.79 Å². The predicted molar refractivity (Wildman–Crippen MR) is 160 cm³/mol. The number of para-hydroxylation sites is 1. The molecular weight excluding hydrogens is 571 g/mol. The van der Waals surface area contributed by atoms with Crippen LogP contribution in [0.3, 0.4) is 0 Å². The lowest BCUT2D eigenvalue weighted by Crippen LogP contribution is -2.48. The van der Waals surface area contributed by atoms with Gasteiger partial charge in [0.25, 0.3) is 5.91 Å². The molecule has 0 aliphatic carbocycles. The first-order chi connectivity index (χ1) is 20.7.